The highest BCUT2D eigenvalue weighted by atomic mass is 35.5. The van der Waals surface area contributed by atoms with Crippen molar-refractivity contribution in [2.45, 2.75) is 32.0 Å². The number of hydrogen-bond donors (Lipinski definition) is 0. The highest BCUT2D eigenvalue weighted by Crippen LogP contribution is 2.38. The van der Waals surface area contributed by atoms with E-state index in [4.69, 9.17) is 9.47 Å². The predicted molar refractivity (Wildman–Crippen MR) is 137 cm³/mol. The fraction of sp³-hybridized carbons (Fsp3) is 0.296. The minimum atomic E-state index is -0.153. The second-order valence-corrected chi connectivity index (χ2v) is 8.50. The van der Waals surface area contributed by atoms with Crippen molar-refractivity contribution in [1.82, 2.24) is 25.1 Å². The number of methoxy groups -OCH3 is 2. The fourth-order valence-electron chi connectivity index (χ4n) is 4.73. The van der Waals surface area contributed by atoms with Gasteiger partial charge in [0.2, 0.25) is 0 Å². The van der Waals surface area contributed by atoms with E-state index in [2.05, 4.69) is 75.0 Å². The lowest BCUT2D eigenvalue weighted by Gasteiger charge is -2.35. The number of hydrogen-bond acceptors (Lipinski definition) is 6. The van der Waals surface area contributed by atoms with Crippen LogP contribution in [-0.4, -0.2) is 45.9 Å². The molecule has 182 valence electrons. The Morgan fingerprint density at radius 3 is 2.46 bits per heavy atom. The third-order valence-electron chi connectivity index (χ3n) is 6.52. The van der Waals surface area contributed by atoms with Gasteiger partial charge in [-0.05, 0) is 52.1 Å². The number of ether oxygens (including phenoxy) is 2. The molecule has 0 N–H and O–H groups in total. The Hall–Kier alpha value is -3.42. The lowest BCUT2D eigenvalue weighted by molar-refractivity contribution is 0.191. The van der Waals surface area contributed by atoms with Crippen LogP contribution in [-0.2, 0) is 25.9 Å². The SMILES string of the molecule is COc1ccc(C(c2nnnn2CCc2ccccc2)N2CCc3ccccc3C2)c(OC)c1.Cl. The summed E-state index contributed by atoms with van der Waals surface area (Å²) in [6.07, 6.45) is 1.84. The van der Waals surface area contributed by atoms with Crippen LogP contribution in [0, 0.1) is 0 Å². The summed E-state index contributed by atoms with van der Waals surface area (Å²) in [5.74, 6) is 2.34. The Labute approximate surface area is 212 Å². The van der Waals surface area contributed by atoms with Crippen LogP contribution in [0.15, 0.2) is 72.8 Å². The molecule has 4 aromatic rings. The maximum Gasteiger partial charge on any atom is 0.173 e. The molecular weight excluding hydrogens is 462 g/mol. The molecule has 35 heavy (non-hydrogen) atoms. The molecule has 8 heteroatoms. The molecule has 1 atom stereocenters. The highest BCUT2D eigenvalue weighted by molar-refractivity contribution is 5.85. The van der Waals surface area contributed by atoms with Gasteiger partial charge in [-0.15, -0.1) is 17.5 Å². The van der Waals surface area contributed by atoms with E-state index >= 15 is 0 Å². The zero-order valence-corrected chi connectivity index (χ0v) is 20.8. The first-order chi connectivity index (χ1) is 16.8. The average Bonchev–Trinajstić information content (AvgIpc) is 3.36. The molecule has 7 nitrogen and oxygen atoms in total. The van der Waals surface area contributed by atoms with Gasteiger partial charge in [-0.1, -0.05) is 54.6 Å². The van der Waals surface area contributed by atoms with Crippen molar-refractivity contribution in [3.05, 3.63) is 101 Å². The molecule has 1 aliphatic rings. The van der Waals surface area contributed by atoms with Crippen LogP contribution < -0.4 is 9.47 Å². The van der Waals surface area contributed by atoms with E-state index < -0.39 is 0 Å². The second-order valence-electron chi connectivity index (χ2n) is 8.50. The van der Waals surface area contributed by atoms with Crippen molar-refractivity contribution in [2.24, 2.45) is 0 Å². The van der Waals surface area contributed by atoms with E-state index in [1.807, 2.05) is 22.9 Å². The summed E-state index contributed by atoms with van der Waals surface area (Å²) in [5.41, 5.74) is 5.03. The van der Waals surface area contributed by atoms with Crippen LogP contribution in [0.25, 0.3) is 0 Å². The first kappa shape index (κ1) is 24.7. The predicted octanol–water partition coefficient (Wildman–Crippen LogP) is 4.50. The molecule has 0 bridgehead atoms. The summed E-state index contributed by atoms with van der Waals surface area (Å²) in [5, 5.41) is 13.0. The number of halogens is 1. The molecule has 1 aliphatic heterocycles. The van der Waals surface area contributed by atoms with Crippen LogP contribution >= 0.6 is 12.4 Å². The highest BCUT2D eigenvalue weighted by Gasteiger charge is 2.32. The van der Waals surface area contributed by atoms with Crippen molar-refractivity contribution < 1.29 is 9.47 Å². The van der Waals surface area contributed by atoms with Gasteiger partial charge >= 0.3 is 0 Å². The van der Waals surface area contributed by atoms with Gasteiger partial charge in [0.1, 0.15) is 17.5 Å². The molecular formula is C27H30ClN5O2. The molecule has 0 radical (unpaired) electrons. The first-order valence-electron chi connectivity index (χ1n) is 11.6. The minimum Gasteiger partial charge on any atom is -0.497 e. The zero-order chi connectivity index (χ0) is 23.3. The van der Waals surface area contributed by atoms with Crippen LogP contribution in [0.3, 0.4) is 0 Å². The molecule has 3 aromatic carbocycles. The van der Waals surface area contributed by atoms with Crippen molar-refractivity contribution in [2.75, 3.05) is 20.8 Å². The molecule has 1 unspecified atom stereocenters. The van der Waals surface area contributed by atoms with Crippen molar-refractivity contribution in [3.8, 4) is 11.5 Å². The van der Waals surface area contributed by atoms with Crippen molar-refractivity contribution in [1.29, 1.82) is 0 Å². The smallest absolute Gasteiger partial charge is 0.173 e. The fourth-order valence-corrected chi connectivity index (χ4v) is 4.73. The maximum atomic E-state index is 5.81. The van der Waals surface area contributed by atoms with Gasteiger partial charge in [-0.25, -0.2) is 4.68 Å². The van der Waals surface area contributed by atoms with E-state index in [1.165, 1.54) is 16.7 Å². The van der Waals surface area contributed by atoms with Gasteiger partial charge in [0.15, 0.2) is 5.82 Å². The number of aryl methyl sites for hydroxylation is 2. The minimum absolute atomic E-state index is 0. The third-order valence-corrected chi connectivity index (χ3v) is 6.52. The summed E-state index contributed by atoms with van der Waals surface area (Å²) >= 11 is 0. The van der Waals surface area contributed by atoms with Gasteiger partial charge in [-0.2, -0.15) is 0 Å². The lowest BCUT2D eigenvalue weighted by atomic mass is 9.95. The standard InChI is InChI=1S/C27H29N5O2.ClH/c1-33-23-12-13-24(25(18-23)34-2)26(31-16-15-21-10-6-7-11-22(21)19-31)27-28-29-30-32(27)17-14-20-8-4-3-5-9-20;/h3-13,18,26H,14-17,19H2,1-2H3;1H. The molecule has 0 fully saturated rings. The Kier molecular flexibility index (Phi) is 8.00. The molecule has 0 aliphatic carbocycles. The Balaban J connectivity index is 0.00000289. The molecule has 0 amide bonds. The Morgan fingerprint density at radius 2 is 1.69 bits per heavy atom. The summed E-state index contributed by atoms with van der Waals surface area (Å²) in [6, 6.07) is 24.9. The number of benzene rings is 3. The van der Waals surface area contributed by atoms with Gasteiger partial charge < -0.3 is 9.47 Å². The largest absolute Gasteiger partial charge is 0.497 e. The van der Waals surface area contributed by atoms with Crippen LogP contribution in [0.4, 0.5) is 0 Å². The molecule has 0 saturated heterocycles. The zero-order valence-electron chi connectivity index (χ0n) is 20.0. The Bertz CT molecular complexity index is 1250. The maximum absolute atomic E-state index is 5.81. The van der Waals surface area contributed by atoms with E-state index in [0.717, 1.165) is 48.8 Å². The topological polar surface area (TPSA) is 65.3 Å². The van der Waals surface area contributed by atoms with Crippen LogP contribution in [0.1, 0.15) is 34.1 Å². The van der Waals surface area contributed by atoms with Gasteiger partial charge in [0, 0.05) is 31.3 Å². The molecule has 0 saturated carbocycles. The number of aromatic nitrogens is 4. The number of rotatable bonds is 8. The Morgan fingerprint density at radius 1 is 0.914 bits per heavy atom. The van der Waals surface area contributed by atoms with Gasteiger partial charge in [-0.3, -0.25) is 4.90 Å². The summed E-state index contributed by atoms with van der Waals surface area (Å²) in [7, 11) is 3.36. The number of tetrazole rings is 1. The summed E-state index contributed by atoms with van der Waals surface area (Å²) in [4.78, 5) is 2.44. The van der Waals surface area contributed by atoms with E-state index in [0.29, 0.717) is 6.54 Å². The third kappa shape index (κ3) is 5.31. The second kappa shape index (κ2) is 11.3. The molecule has 5 rings (SSSR count). The summed E-state index contributed by atoms with van der Waals surface area (Å²) in [6.45, 7) is 2.43. The molecule has 0 spiro atoms. The molecule has 2 heterocycles. The van der Waals surface area contributed by atoms with Crippen molar-refractivity contribution in [3.63, 3.8) is 0 Å². The van der Waals surface area contributed by atoms with Gasteiger partial charge in [0.05, 0.1) is 14.2 Å². The monoisotopic (exact) mass is 491 g/mol. The van der Waals surface area contributed by atoms with E-state index in [-0.39, 0.29) is 18.4 Å². The first-order valence-corrected chi connectivity index (χ1v) is 11.6. The number of fused-ring (bicyclic) bond motifs is 1. The van der Waals surface area contributed by atoms with E-state index in [1.54, 1.807) is 14.2 Å². The van der Waals surface area contributed by atoms with Crippen molar-refractivity contribution >= 4 is 12.4 Å². The number of nitrogens with zero attached hydrogens (tertiary/aromatic N) is 5. The molecule has 1 aromatic heterocycles. The van der Waals surface area contributed by atoms with Crippen LogP contribution in [0.5, 0.6) is 11.5 Å². The van der Waals surface area contributed by atoms with E-state index in [9.17, 15) is 0 Å². The summed E-state index contributed by atoms with van der Waals surface area (Å²) < 4.78 is 13.2. The average molecular weight is 492 g/mol. The quantitative estimate of drug-likeness (QED) is 0.361. The van der Waals surface area contributed by atoms with Crippen LogP contribution in [0.2, 0.25) is 0 Å². The normalized spacial score (nSPS) is 14.0. The lowest BCUT2D eigenvalue weighted by Crippen LogP contribution is -2.36. The van der Waals surface area contributed by atoms with Gasteiger partial charge in [0.25, 0.3) is 0 Å².